The Bertz CT molecular complexity index is 497. The summed E-state index contributed by atoms with van der Waals surface area (Å²) < 4.78 is 0. The van der Waals surface area contributed by atoms with E-state index < -0.39 is 0 Å². The molecule has 0 fully saturated rings. The molecule has 1 heteroatoms. The van der Waals surface area contributed by atoms with Crippen molar-refractivity contribution < 1.29 is 0 Å². The average Bonchev–Trinajstić information content (AvgIpc) is 2.34. The second kappa shape index (κ2) is 5.05. The Balaban J connectivity index is 2.30. The maximum absolute atomic E-state index is 5.94. The molecule has 0 heterocycles. The van der Waals surface area contributed by atoms with E-state index in [1.165, 1.54) is 23.1 Å². The highest BCUT2D eigenvalue weighted by Gasteiger charge is 2.00. The van der Waals surface area contributed by atoms with Crippen molar-refractivity contribution in [2.24, 2.45) is 0 Å². The van der Waals surface area contributed by atoms with Crippen LogP contribution in [0.25, 0.3) is 11.1 Å². The zero-order valence-corrected chi connectivity index (χ0v) is 10.5. The van der Waals surface area contributed by atoms with Crippen LogP contribution in [0.5, 0.6) is 0 Å². The monoisotopic (exact) mass is 225 g/mol. The number of benzene rings is 2. The Kier molecular flexibility index (Phi) is 3.48. The van der Waals surface area contributed by atoms with Crippen LogP contribution in [0.2, 0.25) is 0 Å². The third-order valence-electron chi connectivity index (χ3n) is 3.11. The van der Waals surface area contributed by atoms with Crippen LogP contribution in [0.1, 0.15) is 24.5 Å². The van der Waals surface area contributed by atoms with Crippen LogP contribution >= 0.6 is 0 Å². The minimum Gasteiger partial charge on any atom is -0.398 e. The molecule has 2 N–H and O–H groups in total. The zero-order valence-electron chi connectivity index (χ0n) is 10.5. The molecular formula is C16H19N. The smallest absolute Gasteiger partial charge is 0.0349 e. The quantitative estimate of drug-likeness (QED) is 0.778. The van der Waals surface area contributed by atoms with Gasteiger partial charge in [0.05, 0.1) is 0 Å². The van der Waals surface area contributed by atoms with E-state index in [-0.39, 0.29) is 0 Å². The molecule has 0 bridgehead atoms. The van der Waals surface area contributed by atoms with Crippen LogP contribution in [0.3, 0.4) is 0 Å². The van der Waals surface area contributed by atoms with Gasteiger partial charge in [0.15, 0.2) is 0 Å². The maximum atomic E-state index is 5.94. The first-order chi connectivity index (χ1) is 8.20. The van der Waals surface area contributed by atoms with Gasteiger partial charge in [-0.25, -0.2) is 0 Å². The lowest BCUT2D eigenvalue weighted by atomic mass is 10.0. The molecule has 0 atom stereocenters. The van der Waals surface area contributed by atoms with Gasteiger partial charge in [0.25, 0.3) is 0 Å². The van der Waals surface area contributed by atoms with Crippen LogP contribution in [-0.4, -0.2) is 0 Å². The summed E-state index contributed by atoms with van der Waals surface area (Å²) >= 11 is 0. The summed E-state index contributed by atoms with van der Waals surface area (Å²) in [7, 11) is 0. The van der Waals surface area contributed by atoms with E-state index in [1.54, 1.807) is 0 Å². The van der Waals surface area contributed by atoms with Crippen LogP contribution in [0.15, 0.2) is 42.5 Å². The van der Waals surface area contributed by atoms with Crippen molar-refractivity contribution in [3.8, 4) is 11.1 Å². The van der Waals surface area contributed by atoms with Crippen LogP contribution in [-0.2, 0) is 6.42 Å². The van der Waals surface area contributed by atoms with Crippen LogP contribution < -0.4 is 5.73 Å². The van der Waals surface area contributed by atoms with E-state index in [2.05, 4.69) is 43.3 Å². The third kappa shape index (κ3) is 2.68. The van der Waals surface area contributed by atoms with Gasteiger partial charge in [0.2, 0.25) is 0 Å². The molecule has 0 aliphatic rings. The van der Waals surface area contributed by atoms with Gasteiger partial charge in [-0.05, 0) is 41.7 Å². The third-order valence-corrected chi connectivity index (χ3v) is 3.11. The van der Waals surface area contributed by atoms with Gasteiger partial charge < -0.3 is 5.73 Å². The lowest BCUT2D eigenvalue weighted by Crippen LogP contribution is -1.90. The Labute approximate surface area is 103 Å². The summed E-state index contributed by atoms with van der Waals surface area (Å²) in [6.45, 7) is 4.23. The first-order valence-electron chi connectivity index (χ1n) is 6.16. The first kappa shape index (κ1) is 11.7. The molecule has 88 valence electrons. The van der Waals surface area contributed by atoms with Crippen molar-refractivity contribution in [2.75, 3.05) is 5.73 Å². The number of aryl methyl sites for hydroxylation is 2. The second-order valence-electron chi connectivity index (χ2n) is 4.52. The molecule has 17 heavy (non-hydrogen) atoms. The molecule has 0 saturated carbocycles. The summed E-state index contributed by atoms with van der Waals surface area (Å²) in [5, 5.41) is 0. The normalized spacial score (nSPS) is 10.5. The fraction of sp³-hybridized carbons (Fsp3) is 0.250. The van der Waals surface area contributed by atoms with E-state index in [1.807, 2.05) is 13.0 Å². The molecule has 1 nitrogen and oxygen atoms in total. The number of nitrogens with two attached hydrogens (primary N) is 1. The number of anilines is 1. The lowest BCUT2D eigenvalue weighted by molar-refractivity contribution is 0.922. The lowest BCUT2D eigenvalue weighted by Gasteiger charge is -2.06. The highest BCUT2D eigenvalue weighted by atomic mass is 14.5. The maximum Gasteiger partial charge on any atom is 0.0349 e. The Morgan fingerprint density at radius 1 is 0.941 bits per heavy atom. The summed E-state index contributed by atoms with van der Waals surface area (Å²) in [5.41, 5.74) is 11.8. The van der Waals surface area contributed by atoms with Gasteiger partial charge in [-0.1, -0.05) is 49.7 Å². The molecule has 0 aliphatic heterocycles. The predicted octanol–water partition coefficient (Wildman–Crippen LogP) is 4.20. The molecule has 0 radical (unpaired) electrons. The minimum absolute atomic E-state index is 0.861. The average molecular weight is 225 g/mol. The van der Waals surface area contributed by atoms with Crippen molar-refractivity contribution in [3.63, 3.8) is 0 Å². The van der Waals surface area contributed by atoms with Crippen molar-refractivity contribution in [2.45, 2.75) is 26.7 Å². The van der Waals surface area contributed by atoms with Gasteiger partial charge in [-0.15, -0.1) is 0 Å². The van der Waals surface area contributed by atoms with Gasteiger partial charge >= 0.3 is 0 Å². The highest BCUT2D eigenvalue weighted by molar-refractivity contribution is 5.69. The van der Waals surface area contributed by atoms with Crippen LogP contribution in [0.4, 0.5) is 5.69 Å². The molecule has 0 unspecified atom stereocenters. The predicted molar refractivity (Wildman–Crippen MR) is 75.0 cm³/mol. The first-order valence-corrected chi connectivity index (χ1v) is 6.16. The van der Waals surface area contributed by atoms with E-state index in [0.29, 0.717) is 0 Å². The van der Waals surface area contributed by atoms with E-state index >= 15 is 0 Å². The molecule has 0 amide bonds. The fourth-order valence-corrected chi connectivity index (χ4v) is 1.97. The minimum atomic E-state index is 0.861. The molecule has 0 aromatic heterocycles. The molecule has 2 aromatic carbocycles. The second-order valence-corrected chi connectivity index (χ2v) is 4.52. The SMILES string of the molecule is CCCc1ccc(-c2ccc(C)c(N)c2)cc1. The van der Waals surface area contributed by atoms with Crippen molar-refractivity contribution in [3.05, 3.63) is 53.6 Å². The van der Waals surface area contributed by atoms with Crippen LogP contribution in [0, 0.1) is 6.92 Å². The van der Waals surface area contributed by atoms with E-state index in [9.17, 15) is 0 Å². The number of hydrogen-bond donors (Lipinski definition) is 1. The standard InChI is InChI=1S/C16H19N/c1-3-4-13-6-9-14(10-7-13)15-8-5-12(2)16(17)11-15/h5-11H,3-4,17H2,1-2H3. The topological polar surface area (TPSA) is 26.0 Å². The Morgan fingerprint density at radius 3 is 2.18 bits per heavy atom. The van der Waals surface area contributed by atoms with E-state index in [0.717, 1.165) is 17.7 Å². The number of nitrogen functional groups attached to an aromatic ring is 1. The Hall–Kier alpha value is -1.76. The van der Waals surface area contributed by atoms with Gasteiger partial charge in [0, 0.05) is 5.69 Å². The zero-order chi connectivity index (χ0) is 12.3. The number of hydrogen-bond acceptors (Lipinski definition) is 1. The van der Waals surface area contributed by atoms with Gasteiger partial charge in [-0.3, -0.25) is 0 Å². The fourth-order valence-electron chi connectivity index (χ4n) is 1.97. The molecule has 2 aromatic rings. The largest absolute Gasteiger partial charge is 0.398 e. The summed E-state index contributed by atoms with van der Waals surface area (Å²) in [4.78, 5) is 0. The molecular weight excluding hydrogens is 206 g/mol. The van der Waals surface area contributed by atoms with Gasteiger partial charge in [0.1, 0.15) is 0 Å². The molecule has 0 saturated heterocycles. The number of rotatable bonds is 3. The summed E-state index contributed by atoms with van der Waals surface area (Å²) in [6.07, 6.45) is 2.34. The highest BCUT2D eigenvalue weighted by Crippen LogP contribution is 2.24. The van der Waals surface area contributed by atoms with Gasteiger partial charge in [-0.2, -0.15) is 0 Å². The summed E-state index contributed by atoms with van der Waals surface area (Å²) in [5.74, 6) is 0. The van der Waals surface area contributed by atoms with Crippen molar-refractivity contribution in [1.29, 1.82) is 0 Å². The van der Waals surface area contributed by atoms with Crippen molar-refractivity contribution >= 4 is 5.69 Å². The molecule has 0 spiro atoms. The molecule has 0 aliphatic carbocycles. The van der Waals surface area contributed by atoms with Crippen molar-refractivity contribution in [1.82, 2.24) is 0 Å². The van der Waals surface area contributed by atoms with E-state index in [4.69, 9.17) is 5.73 Å². The summed E-state index contributed by atoms with van der Waals surface area (Å²) in [6, 6.07) is 15.0. The Morgan fingerprint density at radius 2 is 1.59 bits per heavy atom. The molecule has 2 rings (SSSR count).